The number of nitrogens with zero attached hydrogens (tertiary/aromatic N) is 1. The summed E-state index contributed by atoms with van der Waals surface area (Å²) in [6.45, 7) is 8.29. The number of unbranched alkanes of at least 4 members (excludes halogenated alkanes) is 1. The summed E-state index contributed by atoms with van der Waals surface area (Å²) in [4.78, 5) is 4.61. The molecule has 0 fully saturated rings. The number of rotatable bonds is 4. The van der Waals surface area contributed by atoms with Crippen LogP contribution in [0.2, 0.25) is 0 Å². The van der Waals surface area contributed by atoms with Crippen LogP contribution in [0.1, 0.15) is 44.7 Å². The van der Waals surface area contributed by atoms with Gasteiger partial charge in [0.05, 0.1) is 5.69 Å². The Morgan fingerprint density at radius 1 is 1.04 bits per heavy atom. The molecule has 0 unspecified atom stereocenters. The van der Waals surface area contributed by atoms with E-state index in [1.165, 1.54) is 12.8 Å². The molecule has 2 aromatic carbocycles. The zero-order valence-corrected chi connectivity index (χ0v) is 14.9. The van der Waals surface area contributed by atoms with Crippen LogP contribution >= 0.6 is 0 Å². The second-order valence-electron chi connectivity index (χ2n) is 5.50. The average Bonchev–Trinajstić information content (AvgIpc) is 2.57. The molecule has 2 aromatic rings. The van der Waals surface area contributed by atoms with Gasteiger partial charge in [0, 0.05) is 18.4 Å². The number of phenolic OH excluding ortho intramolecular Hbond substituents is 1. The fourth-order valence-electron chi connectivity index (χ4n) is 1.89. The van der Waals surface area contributed by atoms with Crippen LogP contribution in [0.15, 0.2) is 47.5 Å². The van der Waals surface area contributed by atoms with Crippen LogP contribution in [-0.2, 0) is 0 Å². The Balaban J connectivity index is 0.000000593. The third-order valence-corrected chi connectivity index (χ3v) is 3.56. The highest BCUT2D eigenvalue weighted by Gasteiger charge is 2.01. The van der Waals surface area contributed by atoms with Gasteiger partial charge in [0.15, 0.2) is 0 Å². The second kappa shape index (κ2) is 9.67. The van der Waals surface area contributed by atoms with Crippen LogP contribution in [0.25, 0.3) is 0 Å². The van der Waals surface area contributed by atoms with E-state index in [1.807, 2.05) is 51.2 Å². The first kappa shape index (κ1) is 18.8. The molecule has 0 aliphatic rings. The zero-order valence-electron chi connectivity index (χ0n) is 14.9. The molecule has 3 nitrogen and oxygen atoms in total. The lowest BCUT2D eigenvalue weighted by molar-refractivity contribution is 0.475. The number of hydrogen-bond acceptors (Lipinski definition) is 3. The number of anilines is 1. The molecule has 0 aromatic heterocycles. The van der Waals surface area contributed by atoms with Gasteiger partial charge in [-0.15, -0.1) is 0 Å². The van der Waals surface area contributed by atoms with Gasteiger partial charge < -0.3 is 10.4 Å². The molecule has 2 N–H and O–H groups in total. The molecule has 0 spiro atoms. The molecule has 0 aliphatic carbocycles. The molecular weight excluding hydrogens is 284 g/mol. The van der Waals surface area contributed by atoms with Crippen molar-refractivity contribution < 1.29 is 5.11 Å². The molecule has 0 amide bonds. The van der Waals surface area contributed by atoms with Crippen molar-refractivity contribution in [3.63, 3.8) is 0 Å². The SMILES string of the molecule is CCCC.CNc1ccc(C(C)=Nc2ccc(O)cc2C)cc1. The van der Waals surface area contributed by atoms with E-state index < -0.39 is 0 Å². The Hall–Kier alpha value is -2.29. The predicted molar refractivity (Wildman–Crippen MR) is 101 cm³/mol. The lowest BCUT2D eigenvalue weighted by Gasteiger charge is -2.05. The summed E-state index contributed by atoms with van der Waals surface area (Å²) in [6.07, 6.45) is 2.64. The van der Waals surface area contributed by atoms with Crippen LogP contribution in [0.5, 0.6) is 5.75 Å². The van der Waals surface area contributed by atoms with E-state index >= 15 is 0 Å². The van der Waals surface area contributed by atoms with E-state index in [2.05, 4.69) is 24.2 Å². The highest BCUT2D eigenvalue weighted by Crippen LogP contribution is 2.24. The van der Waals surface area contributed by atoms with E-state index in [0.29, 0.717) is 0 Å². The van der Waals surface area contributed by atoms with Crippen molar-refractivity contribution in [3.05, 3.63) is 53.6 Å². The number of phenols is 1. The van der Waals surface area contributed by atoms with Gasteiger partial charge in [-0.1, -0.05) is 38.8 Å². The van der Waals surface area contributed by atoms with E-state index in [9.17, 15) is 5.11 Å². The summed E-state index contributed by atoms with van der Waals surface area (Å²) in [5.74, 6) is 0.271. The minimum absolute atomic E-state index is 0.271. The molecule has 3 heteroatoms. The maximum Gasteiger partial charge on any atom is 0.115 e. The Kier molecular flexibility index (Phi) is 7.89. The molecule has 0 saturated heterocycles. The molecule has 0 saturated carbocycles. The van der Waals surface area contributed by atoms with Gasteiger partial charge in [-0.05, 0) is 55.3 Å². The van der Waals surface area contributed by atoms with Gasteiger partial charge in [0.1, 0.15) is 5.75 Å². The Labute approximate surface area is 140 Å². The van der Waals surface area contributed by atoms with Crippen molar-refractivity contribution in [2.75, 3.05) is 12.4 Å². The van der Waals surface area contributed by atoms with Crippen molar-refractivity contribution in [3.8, 4) is 5.75 Å². The molecular formula is C20H28N2O. The fraction of sp³-hybridized carbons (Fsp3) is 0.350. The average molecular weight is 312 g/mol. The lowest BCUT2D eigenvalue weighted by atomic mass is 10.1. The molecule has 23 heavy (non-hydrogen) atoms. The van der Waals surface area contributed by atoms with Crippen LogP contribution < -0.4 is 5.32 Å². The van der Waals surface area contributed by atoms with Gasteiger partial charge in [-0.3, -0.25) is 4.99 Å². The number of aromatic hydroxyl groups is 1. The van der Waals surface area contributed by atoms with Crippen molar-refractivity contribution >= 4 is 17.1 Å². The molecule has 2 rings (SSSR count). The third kappa shape index (κ3) is 6.15. The summed E-state index contributed by atoms with van der Waals surface area (Å²) in [5, 5.41) is 12.5. The number of benzene rings is 2. The van der Waals surface area contributed by atoms with Crippen LogP contribution in [0.3, 0.4) is 0 Å². The van der Waals surface area contributed by atoms with Gasteiger partial charge >= 0.3 is 0 Å². The van der Waals surface area contributed by atoms with Crippen LogP contribution in [0, 0.1) is 6.92 Å². The smallest absolute Gasteiger partial charge is 0.115 e. The Morgan fingerprint density at radius 3 is 2.13 bits per heavy atom. The van der Waals surface area contributed by atoms with Crippen LogP contribution in [0.4, 0.5) is 11.4 Å². The van der Waals surface area contributed by atoms with Gasteiger partial charge in [0.25, 0.3) is 0 Å². The lowest BCUT2D eigenvalue weighted by Crippen LogP contribution is -1.95. The van der Waals surface area contributed by atoms with Crippen LogP contribution in [-0.4, -0.2) is 17.9 Å². The first-order chi connectivity index (χ1) is 11.0. The minimum Gasteiger partial charge on any atom is -0.508 e. The van der Waals surface area contributed by atoms with E-state index in [-0.39, 0.29) is 5.75 Å². The Morgan fingerprint density at radius 2 is 1.65 bits per heavy atom. The van der Waals surface area contributed by atoms with Crippen molar-refractivity contribution in [2.24, 2.45) is 4.99 Å². The monoisotopic (exact) mass is 312 g/mol. The maximum absolute atomic E-state index is 9.39. The Bertz CT molecular complexity index is 629. The summed E-state index contributed by atoms with van der Waals surface area (Å²) in [5.41, 5.74) is 4.97. The van der Waals surface area contributed by atoms with Gasteiger partial charge in [-0.25, -0.2) is 0 Å². The normalized spacial score (nSPS) is 10.7. The standard InChI is InChI=1S/C16H18N2O.C4H10/c1-11-10-15(19)8-9-16(11)18-12(2)13-4-6-14(17-3)7-5-13;1-3-4-2/h4-10,17,19H,1-3H3;3-4H2,1-2H3. The van der Waals surface area contributed by atoms with E-state index in [0.717, 1.165) is 28.2 Å². The van der Waals surface area contributed by atoms with Crippen molar-refractivity contribution in [1.82, 2.24) is 0 Å². The number of aliphatic imine (C=N–C) groups is 1. The summed E-state index contributed by atoms with van der Waals surface area (Å²) in [7, 11) is 1.90. The second-order valence-corrected chi connectivity index (χ2v) is 5.50. The van der Waals surface area contributed by atoms with E-state index in [4.69, 9.17) is 0 Å². The first-order valence-corrected chi connectivity index (χ1v) is 8.14. The number of hydrogen-bond donors (Lipinski definition) is 2. The first-order valence-electron chi connectivity index (χ1n) is 8.14. The van der Waals surface area contributed by atoms with Gasteiger partial charge in [0.2, 0.25) is 0 Å². The van der Waals surface area contributed by atoms with Crippen molar-refractivity contribution in [2.45, 2.75) is 40.5 Å². The third-order valence-electron chi connectivity index (χ3n) is 3.56. The molecule has 0 aliphatic heterocycles. The summed E-state index contributed by atoms with van der Waals surface area (Å²) >= 11 is 0. The molecule has 0 radical (unpaired) electrons. The molecule has 124 valence electrons. The zero-order chi connectivity index (χ0) is 17.2. The molecule has 0 bridgehead atoms. The van der Waals surface area contributed by atoms with E-state index in [1.54, 1.807) is 12.1 Å². The predicted octanol–water partition coefficient (Wildman–Crippen LogP) is 5.69. The molecule has 0 atom stereocenters. The fourth-order valence-corrected chi connectivity index (χ4v) is 1.89. The minimum atomic E-state index is 0.271. The van der Waals surface area contributed by atoms with Crippen molar-refractivity contribution in [1.29, 1.82) is 0 Å². The highest BCUT2D eigenvalue weighted by molar-refractivity contribution is 6.00. The largest absolute Gasteiger partial charge is 0.508 e. The quantitative estimate of drug-likeness (QED) is 0.712. The highest BCUT2D eigenvalue weighted by atomic mass is 16.3. The topological polar surface area (TPSA) is 44.6 Å². The number of aryl methyl sites for hydroxylation is 1. The van der Waals surface area contributed by atoms with Gasteiger partial charge in [-0.2, -0.15) is 0 Å². The maximum atomic E-state index is 9.39. The number of nitrogens with one attached hydrogen (secondary N) is 1. The molecule has 0 heterocycles. The summed E-state index contributed by atoms with van der Waals surface area (Å²) in [6, 6.07) is 13.3. The summed E-state index contributed by atoms with van der Waals surface area (Å²) < 4.78 is 0.